The summed E-state index contributed by atoms with van der Waals surface area (Å²) in [4.78, 5) is 0. The van der Waals surface area contributed by atoms with Gasteiger partial charge in [0, 0.05) is 5.92 Å². The molecular weight excluding hydrogens is 236 g/mol. The quantitative estimate of drug-likeness (QED) is 0.838. The van der Waals surface area contributed by atoms with Gasteiger partial charge in [0.1, 0.15) is 0 Å². The smallest absolute Gasteiger partial charge is 0.0974 e. The van der Waals surface area contributed by atoms with Crippen LogP contribution < -0.4 is 0 Å². The van der Waals surface area contributed by atoms with Crippen LogP contribution >= 0.6 is 0 Å². The summed E-state index contributed by atoms with van der Waals surface area (Å²) in [6.07, 6.45) is 1.78. The molecule has 1 saturated carbocycles. The van der Waals surface area contributed by atoms with Crippen LogP contribution in [0, 0.1) is 17.3 Å². The van der Waals surface area contributed by atoms with Gasteiger partial charge in [0.25, 0.3) is 0 Å². The first-order valence-electron chi connectivity index (χ1n) is 7.35. The molecule has 2 nitrogen and oxygen atoms in total. The molecule has 0 radical (unpaired) electrons. The normalized spacial score (nSPS) is 49.8. The van der Waals surface area contributed by atoms with Crippen molar-refractivity contribution in [3.63, 3.8) is 0 Å². The fourth-order valence-corrected chi connectivity index (χ4v) is 4.93. The summed E-state index contributed by atoms with van der Waals surface area (Å²) < 4.78 is 6.43. The molecule has 1 aromatic carbocycles. The van der Waals surface area contributed by atoms with Gasteiger partial charge in [0.05, 0.1) is 17.3 Å². The van der Waals surface area contributed by atoms with Crippen molar-refractivity contribution in [3.8, 4) is 0 Å². The molecule has 0 aromatic heterocycles. The van der Waals surface area contributed by atoms with Crippen molar-refractivity contribution in [3.05, 3.63) is 35.9 Å². The number of aliphatic hydroxyl groups is 1. The number of benzene rings is 1. The Kier molecular flexibility index (Phi) is 2.03. The molecule has 3 aliphatic rings. The number of hydrogen-bond acceptors (Lipinski definition) is 2. The molecule has 1 aromatic rings. The fraction of sp³-hybridized carbons (Fsp3) is 0.647. The monoisotopic (exact) mass is 258 g/mol. The van der Waals surface area contributed by atoms with Crippen LogP contribution in [0.5, 0.6) is 0 Å². The van der Waals surface area contributed by atoms with E-state index in [2.05, 4.69) is 44.2 Å². The van der Waals surface area contributed by atoms with Gasteiger partial charge < -0.3 is 9.84 Å². The molecule has 2 bridgehead atoms. The largest absolute Gasteiger partial charge is 0.387 e. The van der Waals surface area contributed by atoms with E-state index >= 15 is 0 Å². The molecular formula is C17H22O2. The Bertz CT molecular complexity index is 519. The molecule has 19 heavy (non-hydrogen) atoms. The molecule has 5 unspecified atom stereocenters. The second kappa shape index (κ2) is 3.24. The van der Waals surface area contributed by atoms with E-state index in [0.717, 1.165) is 12.8 Å². The second-order valence-corrected chi connectivity index (χ2v) is 7.48. The molecule has 2 heteroatoms. The van der Waals surface area contributed by atoms with Crippen molar-refractivity contribution in [2.24, 2.45) is 17.3 Å². The van der Waals surface area contributed by atoms with E-state index in [1.165, 1.54) is 5.56 Å². The zero-order valence-corrected chi connectivity index (χ0v) is 11.9. The maximum atomic E-state index is 10.6. The molecule has 2 heterocycles. The lowest BCUT2D eigenvalue weighted by molar-refractivity contribution is -0.209. The third-order valence-electron chi connectivity index (χ3n) is 5.95. The molecule has 0 spiro atoms. The van der Waals surface area contributed by atoms with Crippen molar-refractivity contribution in [1.29, 1.82) is 0 Å². The molecule has 0 amide bonds. The maximum Gasteiger partial charge on any atom is 0.0974 e. The molecule has 1 N–H and O–H groups in total. The van der Waals surface area contributed by atoms with Crippen molar-refractivity contribution >= 4 is 0 Å². The van der Waals surface area contributed by atoms with Gasteiger partial charge >= 0.3 is 0 Å². The lowest BCUT2D eigenvalue weighted by Gasteiger charge is -2.46. The first-order chi connectivity index (χ1) is 8.90. The van der Waals surface area contributed by atoms with Crippen LogP contribution in [0.25, 0.3) is 0 Å². The Balaban J connectivity index is 1.83. The van der Waals surface area contributed by atoms with Crippen molar-refractivity contribution in [2.45, 2.75) is 50.9 Å². The van der Waals surface area contributed by atoms with Gasteiger partial charge in [-0.1, -0.05) is 44.2 Å². The van der Waals surface area contributed by atoms with Crippen LogP contribution in [-0.4, -0.2) is 16.8 Å². The van der Waals surface area contributed by atoms with Crippen LogP contribution in [0.2, 0.25) is 0 Å². The number of fused-ring (bicyclic) bond motifs is 5. The highest BCUT2D eigenvalue weighted by Gasteiger charge is 2.79. The first kappa shape index (κ1) is 11.9. The van der Waals surface area contributed by atoms with Gasteiger partial charge in [-0.3, -0.25) is 0 Å². The number of hydrogen-bond donors (Lipinski definition) is 1. The van der Waals surface area contributed by atoms with Gasteiger partial charge in [-0.2, -0.15) is 0 Å². The predicted octanol–water partition coefficient (Wildman–Crippen LogP) is 3.10. The van der Waals surface area contributed by atoms with Crippen LogP contribution in [0.3, 0.4) is 0 Å². The van der Waals surface area contributed by atoms with Gasteiger partial charge in [0.2, 0.25) is 0 Å². The van der Waals surface area contributed by atoms with E-state index in [-0.39, 0.29) is 11.7 Å². The first-order valence-corrected chi connectivity index (χ1v) is 7.35. The number of ether oxygens (including phenoxy) is 1. The van der Waals surface area contributed by atoms with Gasteiger partial charge in [-0.15, -0.1) is 0 Å². The van der Waals surface area contributed by atoms with Gasteiger partial charge in [-0.05, 0) is 36.7 Å². The van der Waals surface area contributed by atoms with E-state index in [1.54, 1.807) is 0 Å². The Morgan fingerprint density at radius 2 is 1.79 bits per heavy atom. The van der Waals surface area contributed by atoms with Crippen LogP contribution in [0.15, 0.2) is 30.3 Å². The van der Waals surface area contributed by atoms with E-state index in [0.29, 0.717) is 17.3 Å². The average molecular weight is 258 g/mol. The Hall–Kier alpha value is -0.860. The summed E-state index contributed by atoms with van der Waals surface area (Å²) in [5.74, 6) is 1.06. The minimum Gasteiger partial charge on any atom is -0.387 e. The lowest BCUT2D eigenvalue weighted by atomic mass is 9.76. The highest BCUT2D eigenvalue weighted by Crippen LogP contribution is 2.77. The van der Waals surface area contributed by atoms with E-state index in [9.17, 15) is 5.11 Å². The summed E-state index contributed by atoms with van der Waals surface area (Å²) >= 11 is 0. The Morgan fingerprint density at radius 3 is 2.47 bits per heavy atom. The maximum absolute atomic E-state index is 10.6. The fourth-order valence-electron chi connectivity index (χ4n) is 4.93. The minimum absolute atomic E-state index is 0.00135. The molecule has 3 fully saturated rings. The zero-order valence-electron chi connectivity index (χ0n) is 11.9. The van der Waals surface area contributed by atoms with E-state index in [4.69, 9.17) is 4.74 Å². The third kappa shape index (κ3) is 1.29. The molecule has 2 aliphatic heterocycles. The standard InChI is InChI=1S/C17H22O2/c1-15(2)12-13(15)17(11-7-5-4-6-8-11)10-9-16(3,18)14(12)19-17/h4-8,12-14,18H,9-10H2,1-3H3. The highest BCUT2D eigenvalue weighted by molar-refractivity contribution is 5.35. The average Bonchev–Trinajstić information content (AvgIpc) is 2.82. The van der Waals surface area contributed by atoms with Crippen molar-refractivity contribution in [2.75, 3.05) is 0 Å². The van der Waals surface area contributed by atoms with Crippen molar-refractivity contribution in [1.82, 2.24) is 0 Å². The van der Waals surface area contributed by atoms with E-state index < -0.39 is 5.60 Å². The van der Waals surface area contributed by atoms with Crippen molar-refractivity contribution < 1.29 is 9.84 Å². The van der Waals surface area contributed by atoms with Crippen LogP contribution in [-0.2, 0) is 10.3 Å². The Labute approximate surface area is 114 Å². The SMILES string of the molecule is CC1(O)CCC2(c3ccccc3)OC1C1C2C1(C)C. The predicted molar refractivity (Wildman–Crippen MR) is 73.6 cm³/mol. The second-order valence-electron chi connectivity index (χ2n) is 7.48. The topological polar surface area (TPSA) is 29.5 Å². The van der Waals surface area contributed by atoms with E-state index in [1.807, 2.05) is 6.92 Å². The summed E-state index contributed by atoms with van der Waals surface area (Å²) in [6.45, 7) is 6.61. The molecule has 2 saturated heterocycles. The van der Waals surface area contributed by atoms with Crippen LogP contribution in [0.4, 0.5) is 0 Å². The molecule has 102 valence electrons. The number of rotatable bonds is 1. The summed E-state index contributed by atoms with van der Waals surface area (Å²) in [6, 6.07) is 10.6. The van der Waals surface area contributed by atoms with Gasteiger partial charge in [0.15, 0.2) is 0 Å². The third-order valence-corrected chi connectivity index (χ3v) is 5.95. The lowest BCUT2D eigenvalue weighted by Crippen LogP contribution is -2.51. The minimum atomic E-state index is -0.661. The molecule has 4 rings (SSSR count). The zero-order chi connectivity index (χ0) is 13.5. The highest BCUT2D eigenvalue weighted by atomic mass is 16.5. The molecule has 1 aliphatic carbocycles. The summed E-state index contributed by atoms with van der Waals surface area (Å²) in [5.41, 5.74) is 0.783. The Morgan fingerprint density at radius 1 is 1.11 bits per heavy atom. The summed E-state index contributed by atoms with van der Waals surface area (Å²) in [5, 5.41) is 10.6. The molecule has 5 atom stereocenters. The summed E-state index contributed by atoms with van der Waals surface area (Å²) in [7, 11) is 0. The van der Waals surface area contributed by atoms with Crippen LogP contribution in [0.1, 0.15) is 39.2 Å². The van der Waals surface area contributed by atoms with Gasteiger partial charge in [-0.25, -0.2) is 0 Å².